The van der Waals surface area contributed by atoms with Gasteiger partial charge in [-0.2, -0.15) is 4.31 Å². The number of hydrogen-bond acceptors (Lipinski definition) is 7. The second-order valence-corrected chi connectivity index (χ2v) is 12.3. The van der Waals surface area contributed by atoms with Gasteiger partial charge in [0.25, 0.3) is 0 Å². The Labute approximate surface area is 260 Å². The highest BCUT2D eigenvalue weighted by Crippen LogP contribution is 2.34. The number of methoxy groups -OCH3 is 2. The molecule has 0 bridgehead atoms. The Kier molecular flexibility index (Phi) is 9.34. The van der Waals surface area contributed by atoms with E-state index in [2.05, 4.69) is 10.3 Å². The van der Waals surface area contributed by atoms with Crippen LogP contribution in [0.4, 0.5) is 5.69 Å². The van der Waals surface area contributed by atoms with E-state index in [4.69, 9.17) is 21.1 Å². The SMILES string of the molecule is COc1ccc(CN(Cc2ccc(OC)cc2)S(=O)(=O)c2cc(NC(=O)Cc3ccccc3Cl)cc3c(O)nccc23)cc1. The zero-order valence-corrected chi connectivity index (χ0v) is 25.6. The van der Waals surface area contributed by atoms with E-state index in [1.54, 1.807) is 87.0 Å². The number of fused-ring (bicyclic) bond motifs is 1. The fourth-order valence-corrected chi connectivity index (χ4v) is 6.63. The van der Waals surface area contributed by atoms with Gasteiger partial charge in [0.1, 0.15) is 11.5 Å². The molecule has 0 unspecified atom stereocenters. The molecular formula is C33H30ClN3O6S. The van der Waals surface area contributed by atoms with Gasteiger partial charge >= 0.3 is 0 Å². The predicted molar refractivity (Wildman–Crippen MR) is 170 cm³/mol. The highest BCUT2D eigenvalue weighted by atomic mass is 35.5. The second-order valence-electron chi connectivity index (χ2n) is 9.99. The van der Waals surface area contributed by atoms with Crippen LogP contribution in [0.1, 0.15) is 16.7 Å². The minimum atomic E-state index is -4.24. The van der Waals surface area contributed by atoms with E-state index in [0.717, 1.165) is 11.1 Å². The first-order valence-corrected chi connectivity index (χ1v) is 15.4. The minimum Gasteiger partial charge on any atom is -0.497 e. The van der Waals surface area contributed by atoms with Crippen LogP contribution in [0, 0.1) is 0 Å². The number of anilines is 1. The Morgan fingerprint density at radius 1 is 0.864 bits per heavy atom. The van der Waals surface area contributed by atoms with E-state index in [-0.39, 0.29) is 46.7 Å². The maximum Gasteiger partial charge on any atom is 0.244 e. The Morgan fingerprint density at radius 3 is 2.02 bits per heavy atom. The number of pyridine rings is 1. The van der Waals surface area contributed by atoms with Gasteiger partial charge in [-0.05, 0) is 65.2 Å². The summed E-state index contributed by atoms with van der Waals surface area (Å²) in [5.41, 5.74) is 2.28. The third-order valence-corrected chi connectivity index (χ3v) is 9.27. The summed E-state index contributed by atoms with van der Waals surface area (Å²) in [7, 11) is -1.12. The quantitative estimate of drug-likeness (QED) is 0.179. The fraction of sp³-hybridized carbons (Fsp3) is 0.152. The lowest BCUT2D eigenvalue weighted by atomic mass is 10.1. The number of hydrogen-bond donors (Lipinski definition) is 2. The molecule has 4 aromatic carbocycles. The molecule has 11 heteroatoms. The lowest BCUT2D eigenvalue weighted by molar-refractivity contribution is -0.115. The molecule has 0 radical (unpaired) electrons. The number of benzene rings is 4. The van der Waals surface area contributed by atoms with Crippen molar-refractivity contribution >= 4 is 44.0 Å². The summed E-state index contributed by atoms with van der Waals surface area (Å²) in [6.07, 6.45) is 1.31. The lowest BCUT2D eigenvalue weighted by Gasteiger charge is -2.24. The van der Waals surface area contributed by atoms with Gasteiger partial charge in [0.15, 0.2) is 0 Å². The van der Waals surface area contributed by atoms with Crippen molar-refractivity contribution in [3.05, 3.63) is 119 Å². The molecular weight excluding hydrogens is 602 g/mol. The number of halogens is 1. The van der Waals surface area contributed by atoms with Gasteiger partial charge in [-0.25, -0.2) is 13.4 Å². The summed E-state index contributed by atoms with van der Waals surface area (Å²) < 4.78 is 40.9. The van der Waals surface area contributed by atoms with Gasteiger partial charge in [-0.1, -0.05) is 54.1 Å². The normalized spacial score (nSPS) is 11.5. The molecule has 0 saturated carbocycles. The third-order valence-electron chi connectivity index (χ3n) is 7.07. The van der Waals surface area contributed by atoms with Gasteiger partial charge in [-0.15, -0.1) is 0 Å². The van der Waals surface area contributed by atoms with Crippen LogP contribution >= 0.6 is 11.6 Å². The Bertz CT molecular complexity index is 1850. The highest BCUT2D eigenvalue weighted by molar-refractivity contribution is 7.89. The summed E-state index contributed by atoms with van der Waals surface area (Å²) in [5.74, 6) is 0.524. The van der Waals surface area contributed by atoms with Gasteiger partial charge in [0.05, 0.1) is 25.5 Å². The topological polar surface area (TPSA) is 118 Å². The summed E-state index contributed by atoms with van der Waals surface area (Å²) in [6.45, 7) is 0.0834. The van der Waals surface area contributed by atoms with Gasteiger partial charge in [0.2, 0.25) is 21.8 Å². The number of aromatic nitrogens is 1. The van der Waals surface area contributed by atoms with Crippen LogP contribution in [-0.2, 0) is 34.3 Å². The number of amides is 1. The van der Waals surface area contributed by atoms with Crippen LogP contribution in [0.3, 0.4) is 0 Å². The molecule has 1 aromatic heterocycles. The molecule has 0 saturated heterocycles. The largest absolute Gasteiger partial charge is 0.497 e. The van der Waals surface area contributed by atoms with Crippen LogP contribution in [0.5, 0.6) is 17.4 Å². The van der Waals surface area contributed by atoms with Crippen LogP contribution in [-0.4, -0.2) is 42.9 Å². The van der Waals surface area contributed by atoms with Crippen molar-refractivity contribution in [1.82, 2.24) is 9.29 Å². The number of nitrogens with one attached hydrogen (secondary N) is 1. The van der Waals surface area contributed by atoms with Crippen molar-refractivity contribution in [2.24, 2.45) is 0 Å². The van der Waals surface area contributed by atoms with E-state index in [1.165, 1.54) is 28.7 Å². The molecule has 44 heavy (non-hydrogen) atoms. The first kappa shape index (κ1) is 30.8. The molecule has 5 aromatic rings. The lowest BCUT2D eigenvalue weighted by Crippen LogP contribution is -2.30. The first-order chi connectivity index (χ1) is 21.2. The van der Waals surface area contributed by atoms with Crippen LogP contribution in [0.2, 0.25) is 5.02 Å². The number of rotatable bonds is 11. The van der Waals surface area contributed by atoms with E-state index in [9.17, 15) is 18.3 Å². The van der Waals surface area contributed by atoms with Crippen LogP contribution < -0.4 is 14.8 Å². The van der Waals surface area contributed by atoms with Crippen molar-refractivity contribution in [3.63, 3.8) is 0 Å². The second kappa shape index (κ2) is 13.3. The standard InChI is InChI=1S/C33H30ClN3O6S/c1-42-26-11-7-22(8-12-26)20-37(21-23-9-13-27(43-2)14-10-23)44(40,41)31-19-25(18-29-28(31)15-16-35-33(29)39)36-32(38)17-24-5-3-4-6-30(24)34/h3-16,18-19H,17,20-21H2,1-2H3,(H,35,39)(H,36,38). The Balaban J connectivity index is 1.56. The fourth-order valence-electron chi connectivity index (χ4n) is 4.78. The maximum atomic E-state index is 14.5. The first-order valence-electron chi connectivity index (χ1n) is 13.6. The molecule has 0 aliphatic heterocycles. The highest BCUT2D eigenvalue weighted by Gasteiger charge is 2.29. The van der Waals surface area contributed by atoms with Crippen LogP contribution in [0.15, 0.2) is 102 Å². The van der Waals surface area contributed by atoms with E-state index >= 15 is 0 Å². The van der Waals surface area contributed by atoms with Crippen LogP contribution in [0.25, 0.3) is 10.8 Å². The maximum absolute atomic E-state index is 14.5. The van der Waals surface area contributed by atoms with E-state index in [0.29, 0.717) is 22.1 Å². The van der Waals surface area contributed by atoms with Gasteiger partial charge in [0, 0.05) is 40.8 Å². The third kappa shape index (κ3) is 6.94. The number of ether oxygens (including phenoxy) is 2. The monoisotopic (exact) mass is 631 g/mol. The van der Waals surface area contributed by atoms with Crippen molar-refractivity contribution in [1.29, 1.82) is 0 Å². The molecule has 0 aliphatic carbocycles. The Morgan fingerprint density at radius 2 is 1.45 bits per heavy atom. The minimum absolute atomic E-state index is 0.0279. The molecule has 0 aliphatic rings. The molecule has 1 heterocycles. The summed E-state index contributed by atoms with van der Waals surface area (Å²) in [5, 5.41) is 14.3. The molecule has 0 fully saturated rings. The summed E-state index contributed by atoms with van der Waals surface area (Å²) in [6, 6.07) is 25.7. The molecule has 0 spiro atoms. The number of aromatic hydroxyl groups is 1. The van der Waals surface area contributed by atoms with Crippen molar-refractivity contribution in [2.45, 2.75) is 24.4 Å². The van der Waals surface area contributed by atoms with Gasteiger partial charge in [-0.3, -0.25) is 4.79 Å². The number of sulfonamides is 1. The smallest absolute Gasteiger partial charge is 0.244 e. The molecule has 0 atom stereocenters. The zero-order valence-electron chi connectivity index (χ0n) is 24.0. The van der Waals surface area contributed by atoms with Crippen molar-refractivity contribution < 1.29 is 27.8 Å². The van der Waals surface area contributed by atoms with Crippen molar-refractivity contribution in [3.8, 4) is 17.4 Å². The van der Waals surface area contributed by atoms with E-state index in [1.807, 2.05) is 0 Å². The number of carbonyl (C=O) groups excluding carboxylic acids is 1. The molecule has 2 N–H and O–H groups in total. The molecule has 1 amide bonds. The Hall–Kier alpha value is -4.64. The molecule has 226 valence electrons. The predicted octanol–water partition coefficient (Wildman–Crippen LogP) is 6.18. The van der Waals surface area contributed by atoms with E-state index < -0.39 is 15.9 Å². The van der Waals surface area contributed by atoms with Crippen molar-refractivity contribution in [2.75, 3.05) is 19.5 Å². The molecule has 9 nitrogen and oxygen atoms in total. The average molecular weight is 632 g/mol. The number of carbonyl (C=O) groups is 1. The molecule has 5 rings (SSSR count). The summed E-state index contributed by atoms with van der Waals surface area (Å²) in [4.78, 5) is 16.9. The number of nitrogens with zero attached hydrogens (tertiary/aromatic N) is 2. The average Bonchev–Trinajstić information content (AvgIpc) is 3.02. The summed E-state index contributed by atoms with van der Waals surface area (Å²) >= 11 is 6.24. The van der Waals surface area contributed by atoms with Gasteiger partial charge < -0.3 is 19.9 Å². The zero-order chi connectivity index (χ0) is 31.3.